The number of hydrogen-bond acceptors (Lipinski definition) is 4. The van der Waals surface area contributed by atoms with Gasteiger partial charge in [-0.25, -0.2) is 4.39 Å². The van der Waals surface area contributed by atoms with Crippen molar-refractivity contribution in [3.63, 3.8) is 0 Å². The zero-order chi connectivity index (χ0) is 21.2. The van der Waals surface area contributed by atoms with Gasteiger partial charge in [-0.05, 0) is 45.0 Å². The molecule has 2 aliphatic heterocycles. The number of aliphatic imine (C=N–C) groups is 1. The highest BCUT2D eigenvalue weighted by Gasteiger charge is 2.21. The summed E-state index contributed by atoms with van der Waals surface area (Å²) < 4.78 is 14.1. The molecule has 0 radical (unpaired) electrons. The minimum Gasteiger partial charge on any atom is -0.366 e. The van der Waals surface area contributed by atoms with Gasteiger partial charge in [-0.1, -0.05) is 19.1 Å². The van der Waals surface area contributed by atoms with Crippen molar-refractivity contribution in [3.05, 3.63) is 30.1 Å². The maximum atomic E-state index is 14.1. The van der Waals surface area contributed by atoms with Crippen LogP contribution in [0, 0.1) is 5.82 Å². The van der Waals surface area contributed by atoms with E-state index in [2.05, 4.69) is 38.8 Å². The van der Waals surface area contributed by atoms with Gasteiger partial charge in [0.25, 0.3) is 0 Å². The zero-order valence-corrected chi connectivity index (χ0v) is 21.6. The van der Waals surface area contributed by atoms with E-state index in [-0.39, 0.29) is 29.8 Å². The van der Waals surface area contributed by atoms with Crippen molar-refractivity contribution in [1.29, 1.82) is 0 Å². The number of halogens is 2. The van der Waals surface area contributed by atoms with Gasteiger partial charge in [-0.3, -0.25) is 4.99 Å². The summed E-state index contributed by atoms with van der Waals surface area (Å²) in [6.45, 7) is 16.6. The largest absolute Gasteiger partial charge is 0.366 e. The molecule has 2 aliphatic rings. The number of para-hydroxylation sites is 1. The summed E-state index contributed by atoms with van der Waals surface area (Å²) in [4.78, 5) is 14.4. The van der Waals surface area contributed by atoms with Gasteiger partial charge >= 0.3 is 0 Å². The third-order valence-corrected chi connectivity index (χ3v) is 6.16. The summed E-state index contributed by atoms with van der Waals surface area (Å²) in [5.74, 6) is 0.866. The van der Waals surface area contributed by atoms with Crippen molar-refractivity contribution in [2.45, 2.75) is 26.7 Å². The van der Waals surface area contributed by atoms with Gasteiger partial charge in [0.1, 0.15) is 5.82 Å². The van der Waals surface area contributed by atoms with Crippen molar-refractivity contribution in [2.75, 3.05) is 83.4 Å². The van der Waals surface area contributed by atoms with Gasteiger partial charge in [0.2, 0.25) is 0 Å². The number of anilines is 1. The van der Waals surface area contributed by atoms with Crippen molar-refractivity contribution in [1.82, 2.24) is 20.0 Å². The van der Waals surface area contributed by atoms with E-state index in [1.54, 1.807) is 6.07 Å². The molecule has 0 aliphatic carbocycles. The van der Waals surface area contributed by atoms with Crippen molar-refractivity contribution < 1.29 is 4.39 Å². The molecule has 0 spiro atoms. The molecule has 176 valence electrons. The van der Waals surface area contributed by atoms with Crippen LogP contribution in [0.5, 0.6) is 0 Å². The number of nitrogens with zero attached hydrogens (tertiary/aromatic N) is 5. The highest BCUT2D eigenvalue weighted by atomic mass is 127. The van der Waals surface area contributed by atoms with Gasteiger partial charge in [0, 0.05) is 65.4 Å². The number of benzene rings is 1. The lowest BCUT2D eigenvalue weighted by molar-refractivity contribution is 0.136. The van der Waals surface area contributed by atoms with E-state index in [1.807, 2.05) is 12.1 Å². The fourth-order valence-electron chi connectivity index (χ4n) is 4.25. The first-order valence-corrected chi connectivity index (χ1v) is 11.7. The van der Waals surface area contributed by atoms with E-state index >= 15 is 0 Å². The molecule has 0 unspecified atom stereocenters. The molecule has 2 fully saturated rings. The minimum atomic E-state index is -0.136. The SMILES string of the molecule is CCNC(=NCCCCN1CCN(CC)CC1)N1CCN(c2ccccc2F)CC1.I. The summed E-state index contributed by atoms with van der Waals surface area (Å²) in [5, 5.41) is 3.44. The monoisotopic (exact) mass is 546 g/mol. The van der Waals surface area contributed by atoms with E-state index in [4.69, 9.17) is 4.99 Å². The molecule has 0 bridgehead atoms. The van der Waals surface area contributed by atoms with Crippen LogP contribution in [0.1, 0.15) is 26.7 Å². The molecule has 0 amide bonds. The number of hydrogen-bond donors (Lipinski definition) is 1. The van der Waals surface area contributed by atoms with Crippen LogP contribution < -0.4 is 10.2 Å². The third kappa shape index (κ3) is 8.05. The van der Waals surface area contributed by atoms with Crippen LogP contribution in [0.3, 0.4) is 0 Å². The second-order valence-electron chi connectivity index (χ2n) is 8.14. The maximum absolute atomic E-state index is 14.1. The second kappa shape index (κ2) is 14.1. The molecule has 6 nitrogen and oxygen atoms in total. The second-order valence-corrected chi connectivity index (χ2v) is 8.14. The molecule has 0 saturated carbocycles. The number of nitrogens with one attached hydrogen (secondary N) is 1. The molecular formula is C23H40FIN6. The summed E-state index contributed by atoms with van der Waals surface area (Å²) >= 11 is 0. The van der Waals surface area contributed by atoms with E-state index in [0.717, 1.165) is 51.6 Å². The van der Waals surface area contributed by atoms with Crippen molar-refractivity contribution in [3.8, 4) is 0 Å². The van der Waals surface area contributed by atoms with Gasteiger partial charge in [-0.15, -0.1) is 24.0 Å². The minimum absolute atomic E-state index is 0. The quantitative estimate of drug-likeness (QED) is 0.235. The van der Waals surface area contributed by atoms with Crippen molar-refractivity contribution >= 4 is 35.6 Å². The third-order valence-electron chi connectivity index (χ3n) is 6.16. The Kier molecular flexibility index (Phi) is 11.9. The fourth-order valence-corrected chi connectivity index (χ4v) is 4.25. The molecular weight excluding hydrogens is 506 g/mol. The molecule has 2 saturated heterocycles. The Hall–Kier alpha value is -1.13. The molecule has 0 aromatic heterocycles. The lowest BCUT2D eigenvalue weighted by Crippen LogP contribution is -2.52. The highest BCUT2D eigenvalue weighted by Crippen LogP contribution is 2.20. The molecule has 1 N–H and O–H groups in total. The first-order chi connectivity index (χ1) is 14.7. The topological polar surface area (TPSA) is 37.4 Å². The summed E-state index contributed by atoms with van der Waals surface area (Å²) in [6, 6.07) is 7.06. The van der Waals surface area contributed by atoms with Crippen LogP contribution in [0.2, 0.25) is 0 Å². The number of guanidine groups is 1. The van der Waals surface area contributed by atoms with Crippen LogP contribution >= 0.6 is 24.0 Å². The van der Waals surface area contributed by atoms with E-state index < -0.39 is 0 Å². The fraction of sp³-hybridized carbons (Fsp3) is 0.696. The van der Waals surface area contributed by atoms with Crippen LogP contribution in [0.25, 0.3) is 0 Å². The predicted octanol–water partition coefficient (Wildman–Crippen LogP) is 2.95. The van der Waals surface area contributed by atoms with Gasteiger partial charge in [-0.2, -0.15) is 0 Å². The molecule has 8 heteroatoms. The Bertz CT molecular complexity index is 657. The predicted molar refractivity (Wildman–Crippen MR) is 139 cm³/mol. The summed E-state index contributed by atoms with van der Waals surface area (Å²) in [7, 11) is 0. The summed E-state index contributed by atoms with van der Waals surface area (Å²) in [5.41, 5.74) is 0.707. The Morgan fingerprint density at radius 2 is 1.61 bits per heavy atom. The molecule has 0 atom stereocenters. The van der Waals surface area contributed by atoms with E-state index in [0.29, 0.717) is 5.69 Å². The lowest BCUT2D eigenvalue weighted by Gasteiger charge is -2.37. The first kappa shape index (κ1) is 26.1. The molecule has 1 aromatic rings. The average molecular weight is 547 g/mol. The highest BCUT2D eigenvalue weighted by molar-refractivity contribution is 14.0. The molecule has 3 rings (SSSR count). The van der Waals surface area contributed by atoms with Crippen molar-refractivity contribution in [2.24, 2.45) is 4.99 Å². The van der Waals surface area contributed by atoms with Crippen LogP contribution in [0.4, 0.5) is 10.1 Å². The number of rotatable bonds is 8. The smallest absolute Gasteiger partial charge is 0.194 e. The standard InChI is InChI=1S/C23H39FN6.HI/c1-3-25-23(26-11-7-8-12-28-15-13-27(4-2)14-16-28)30-19-17-29(18-20-30)22-10-6-5-9-21(22)24;/h5-6,9-10H,3-4,7-8,11-20H2,1-2H3,(H,25,26);1H. The lowest BCUT2D eigenvalue weighted by atomic mass is 10.2. The Balaban J connectivity index is 0.00000341. The van der Waals surface area contributed by atoms with Crippen LogP contribution in [-0.4, -0.2) is 99.2 Å². The Labute approximate surface area is 204 Å². The van der Waals surface area contributed by atoms with E-state index in [1.165, 1.54) is 51.8 Å². The summed E-state index contributed by atoms with van der Waals surface area (Å²) in [6.07, 6.45) is 2.33. The first-order valence-electron chi connectivity index (χ1n) is 11.7. The maximum Gasteiger partial charge on any atom is 0.194 e. The van der Waals surface area contributed by atoms with Crippen LogP contribution in [-0.2, 0) is 0 Å². The molecule has 2 heterocycles. The molecule has 31 heavy (non-hydrogen) atoms. The normalized spacial score (nSPS) is 18.7. The van der Waals surface area contributed by atoms with Gasteiger partial charge in [0.15, 0.2) is 5.96 Å². The number of piperazine rings is 2. The number of unbranched alkanes of at least 4 members (excludes halogenated alkanes) is 1. The molecule has 1 aromatic carbocycles. The van der Waals surface area contributed by atoms with Gasteiger partial charge in [0.05, 0.1) is 5.69 Å². The zero-order valence-electron chi connectivity index (χ0n) is 19.2. The average Bonchev–Trinajstić information content (AvgIpc) is 2.79. The Morgan fingerprint density at radius 1 is 0.935 bits per heavy atom. The Morgan fingerprint density at radius 3 is 2.26 bits per heavy atom. The van der Waals surface area contributed by atoms with E-state index in [9.17, 15) is 4.39 Å². The van der Waals surface area contributed by atoms with Crippen LogP contribution in [0.15, 0.2) is 29.3 Å². The van der Waals surface area contributed by atoms with Gasteiger partial charge < -0.3 is 24.9 Å². The number of likely N-dealkylation sites (N-methyl/N-ethyl adjacent to an activating group) is 1.